The number of allylic oxidation sites excluding steroid dienone is 2. The van der Waals surface area contributed by atoms with Crippen molar-refractivity contribution in [3.63, 3.8) is 0 Å². The Morgan fingerprint density at radius 3 is 2.69 bits per heavy atom. The highest BCUT2D eigenvalue weighted by atomic mass is 32.2. The second-order valence-corrected chi connectivity index (χ2v) is 11.3. The number of nitrogens with zero attached hydrogens (tertiary/aromatic N) is 2. The fourth-order valence-corrected chi connectivity index (χ4v) is 6.45. The predicted octanol–water partition coefficient (Wildman–Crippen LogP) is 5.73. The number of anilines is 1. The molecule has 0 saturated carbocycles. The Morgan fingerprint density at radius 1 is 1.09 bits per heavy atom. The van der Waals surface area contributed by atoms with E-state index in [9.17, 15) is 8.42 Å². The average molecular weight is 488 g/mol. The van der Waals surface area contributed by atoms with Gasteiger partial charge in [0.25, 0.3) is 15.1 Å². The first-order valence-electron chi connectivity index (χ1n) is 10.8. The van der Waals surface area contributed by atoms with Crippen LogP contribution in [0, 0.1) is 0 Å². The summed E-state index contributed by atoms with van der Waals surface area (Å²) >= 11 is 3.47. The van der Waals surface area contributed by atoms with Crippen molar-refractivity contribution in [1.82, 2.24) is 0 Å². The van der Waals surface area contributed by atoms with E-state index >= 15 is 0 Å². The number of unbranched alkanes of at least 4 members (excludes halogenated alkanes) is 1. The summed E-state index contributed by atoms with van der Waals surface area (Å²) in [5.74, 6) is -0.237. The number of hydrogen-bond acceptors (Lipinski definition) is 5. The van der Waals surface area contributed by atoms with Gasteiger partial charge < -0.3 is 4.90 Å². The van der Waals surface area contributed by atoms with Gasteiger partial charge in [-0.05, 0) is 30.7 Å². The van der Waals surface area contributed by atoms with Crippen molar-refractivity contribution in [3.05, 3.63) is 70.7 Å². The van der Waals surface area contributed by atoms with Gasteiger partial charge in [-0.2, -0.15) is 13.0 Å². The molecule has 0 radical (unpaired) electrons. The maximum absolute atomic E-state index is 11.1. The highest BCUT2D eigenvalue weighted by Gasteiger charge is 2.24. The van der Waals surface area contributed by atoms with E-state index in [1.165, 1.54) is 15.6 Å². The van der Waals surface area contributed by atoms with Crippen LogP contribution in [0.1, 0.15) is 31.2 Å². The van der Waals surface area contributed by atoms with Crippen molar-refractivity contribution in [2.75, 3.05) is 17.2 Å². The summed E-state index contributed by atoms with van der Waals surface area (Å²) in [5.41, 5.74) is 2.35. The lowest BCUT2D eigenvalue weighted by Crippen LogP contribution is -2.35. The minimum atomic E-state index is -3.96. The van der Waals surface area contributed by atoms with Crippen LogP contribution in [0.3, 0.4) is 0 Å². The van der Waals surface area contributed by atoms with Crippen molar-refractivity contribution in [3.8, 4) is 0 Å². The van der Waals surface area contributed by atoms with Crippen LogP contribution in [-0.4, -0.2) is 25.3 Å². The quantitative estimate of drug-likeness (QED) is 0.308. The standard InChI is InChI=1S/C24H26N2O3S3/c1-2-3-16-25-19-10-4-6-12-21(19)30-23(25)14-8-15-24-26(17-9-18-32(27,28)29)20-11-5-7-13-22(20)31-24/h4-8,10-15H,2-3,9,16-18H2,1H3/p+1. The number of hydrogen-bond donors (Lipinski definition) is 1. The van der Waals surface area contributed by atoms with Crippen molar-refractivity contribution < 1.29 is 17.5 Å². The number of fused-ring (bicyclic) bond motifs is 2. The van der Waals surface area contributed by atoms with Crippen molar-refractivity contribution in [1.29, 1.82) is 0 Å². The van der Waals surface area contributed by atoms with E-state index in [2.05, 4.69) is 65.0 Å². The molecule has 0 aliphatic carbocycles. The molecular formula is C24H27N2O3S3+. The fourth-order valence-electron chi connectivity index (χ4n) is 3.75. The molecule has 2 aromatic carbocycles. The van der Waals surface area contributed by atoms with Gasteiger partial charge in [0.2, 0.25) is 5.52 Å². The highest BCUT2D eigenvalue weighted by molar-refractivity contribution is 8.03. The number of aryl methyl sites for hydroxylation is 1. The Bertz CT molecular complexity index is 1260. The molecule has 0 bridgehead atoms. The molecule has 0 amide bonds. The van der Waals surface area contributed by atoms with Gasteiger partial charge in [-0.15, -0.1) is 0 Å². The number of thiazole rings is 1. The summed E-state index contributed by atoms with van der Waals surface area (Å²) in [4.78, 5) is 3.67. The fraction of sp³-hybridized carbons (Fsp3) is 0.292. The van der Waals surface area contributed by atoms with Gasteiger partial charge >= 0.3 is 0 Å². The summed E-state index contributed by atoms with van der Waals surface area (Å²) in [6, 6.07) is 16.6. The molecule has 0 unspecified atom stereocenters. The highest BCUT2D eigenvalue weighted by Crippen LogP contribution is 2.45. The van der Waals surface area contributed by atoms with Crippen LogP contribution in [0.25, 0.3) is 16.3 Å². The first-order valence-corrected chi connectivity index (χ1v) is 14.0. The second kappa shape index (κ2) is 10.2. The molecule has 0 spiro atoms. The van der Waals surface area contributed by atoms with Crippen LogP contribution in [0.5, 0.6) is 0 Å². The number of para-hydroxylation sites is 2. The third-order valence-corrected chi connectivity index (χ3v) is 8.34. The van der Waals surface area contributed by atoms with Gasteiger partial charge in [0.05, 0.1) is 16.5 Å². The first-order chi connectivity index (χ1) is 15.5. The van der Waals surface area contributed by atoms with Gasteiger partial charge in [-0.25, -0.2) is 0 Å². The van der Waals surface area contributed by atoms with Gasteiger partial charge in [-0.1, -0.05) is 66.8 Å². The lowest BCUT2D eigenvalue weighted by molar-refractivity contribution is -0.668. The average Bonchev–Trinajstić information content (AvgIpc) is 3.29. The van der Waals surface area contributed by atoms with E-state index in [0.717, 1.165) is 34.6 Å². The van der Waals surface area contributed by atoms with Gasteiger partial charge in [0.1, 0.15) is 4.70 Å². The molecule has 1 N–H and O–H groups in total. The summed E-state index contributed by atoms with van der Waals surface area (Å²) in [5, 5.41) is 2.27. The number of benzene rings is 2. The molecule has 4 rings (SSSR count). The third kappa shape index (κ3) is 5.43. The molecule has 1 aliphatic rings. The summed E-state index contributed by atoms with van der Waals surface area (Å²) in [7, 11) is -3.96. The van der Waals surface area contributed by atoms with E-state index in [4.69, 9.17) is 4.55 Å². The van der Waals surface area contributed by atoms with Crippen LogP contribution in [0.15, 0.2) is 70.6 Å². The summed E-state index contributed by atoms with van der Waals surface area (Å²) in [6.45, 7) is 3.74. The van der Waals surface area contributed by atoms with Crippen molar-refractivity contribution in [2.24, 2.45) is 0 Å². The zero-order chi connectivity index (χ0) is 22.6. The third-order valence-electron chi connectivity index (χ3n) is 5.27. The molecule has 0 saturated heterocycles. The normalized spacial score (nSPS) is 15.3. The smallest absolute Gasteiger partial charge is 0.265 e. The van der Waals surface area contributed by atoms with Crippen LogP contribution >= 0.6 is 23.1 Å². The van der Waals surface area contributed by atoms with Crippen LogP contribution in [0.4, 0.5) is 5.69 Å². The van der Waals surface area contributed by atoms with E-state index in [-0.39, 0.29) is 5.75 Å². The van der Waals surface area contributed by atoms with E-state index in [1.54, 1.807) is 23.1 Å². The maximum atomic E-state index is 11.1. The van der Waals surface area contributed by atoms with E-state index in [0.29, 0.717) is 13.0 Å². The Labute approximate surface area is 197 Å². The Balaban J connectivity index is 1.59. The number of thioether (sulfide) groups is 1. The van der Waals surface area contributed by atoms with Gasteiger partial charge in [0.15, 0.2) is 6.54 Å². The lowest BCUT2D eigenvalue weighted by atomic mass is 10.2. The zero-order valence-corrected chi connectivity index (χ0v) is 20.4. The summed E-state index contributed by atoms with van der Waals surface area (Å²) in [6.07, 6.45) is 8.98. The van der Waals surface area contributed by atoms with Crippen LogP contribution < -0.4 is 9.47 Å². The molecule has 0 atom stereocenters. The van der Waals surface area contributed by atoms with Crippen molar-refractivity contribution >= 4 is 55.2 Å². The minimum Gasteiger partial charge on any atom is -0.335 e. The zero-order valence-electron chi connectivity index (χ0n) is 18.0. The molecule has 1 aromatic heterocycles. The van der Waals surface area contributed by atoms with Crippen LogP contribution in [-0.2, 0) is 16.7 Å². The Morgan fingerprint density at radius 2 is 1.88 bits per heavy atom. The lowest BCUT2D eigenvalue weighted by Gasteiger charge is -2.19. The van der Waals surface area contributed by atoms with Crippen LogP contribution in [0.2, 0.25) is 0 Å². The molecule has 8 heteroatoms. The Hall–Kier alpha value is -2.13. The summed E-state index contributed by atoms with van der Waals surface area (Å²) < 4.78 is 34.7. The molecule has 32 heavy (non-hydrogen) atoms. The predicted molar refractivity (Wildman–Crippen MR) is 135 cm³/mol. The first kappa shape index (κ1) is 23.0. The van der Waals surface area contributed by atoms with E-state index < -0.39 is 10.1 Å². The molecule has 168 valence electrons. The minimum absolute atomic E-state index is 0.237. The topological polar surface area (TPSA) is 61.5 Å². The molecule has 2 heterocycles. The largest absolute Gasteiger partial charge is 0.335 e. The van der Waals surface area contributed by atoms with Gasteiger partial charge in [-0.3, -0.25) is 4.55 Å². The Kier molecular flexibility index (Phi) is 7.35. The molecule has 3 aromatic rings. The number of rotatable bonds is 9. The maximum Gasteiger partial charge on any atom is 0.265 e. The van der Waals surface area contributed by atoms with E-state index in [1.807, 2.05) is 18.2 Å². The molecule has 0 fully saturated rings. The second-order valence-electron chi connectivity index (χ2n) is 7.64. The SMILES string of the molecule is CCCCN1/C(=C\C=C\c2sc3ccccc3[n+]2CCCS(=O)(=O)O)Sc2ccccc21. The monoisotopic (exact) mass is 487 g/mol. The molecule has 1 aliphatic heterocycles. The molecule has 5 nitrogen and oxygen atoms in total. The molecular weight excluding hydrogens is 460 g/mol. The van der Waals surface area contributed by atoms with Gasteiger partial charge in [0, 0.05) is 30.0 Å². The van der Waals surface area contributed by atoms with Crippen molar-refractivity contribution in [2.45, 2.75) is 37.6 Å². The number of aromatic nitrogens is 1.